The normalized spacial score (nSPS) is 15.2. The minimum absolute atomic E-state index is 0.0234. The third-order valence-electron chi connectivity index (χ3n) is 4.09. The highest BCUT2D eigenvalue weighted by Crippen LogP contribution is 2.18. The smallest absolute Gasteiger partial charge is 0.267 e. The van der Waals surface area contributed by atoms with Gasteiger partial charge < -0.3 is 9.64 Å². The van der Waals surface area contributed by atoms with Crippen LogP contribution in [-0.2, 0) is 11.3 Å². The van der Waals surface area contributed by atoms with Gasteiger partial charge in [-0.3, -0.25) is 9.59 Å². The first-order valence-electron chi connectivity index (χ1n) is 8.30. The summed E-state index contributed by atoms with van der Waals surface area (Å²) in [6.07, 6.45) is 2.98. The van der Waals surface area contributed by atoms with Crippen molar-refractivity contribution in [3.05, 3.63) is 46.3 Å². The Morgan fingerprint density at radius 1 is 1.28 bits per heavy atom. The molecule has 1 saturated heterocycles. The highest BCUT2D eigenvalue weighted by molar-refractivity contribution is 5.75. The largest absolute Gasteiger partial charge is 0.474 e. The molecule has 1 aliphatic rings. The Bertz CT molecular complexity index is 792. The van der Waals surface area contributed by atoms with Gasteiger partial charge in [-0.2, -0.15) is 10.1 Å². The highest BCUT2D eigenvalue weighted by atomic mass is 16.5. The van der Waals surface area contributed by atoms with E-state index in [0.29, 0.717) is 24.8 Å². The van der Waals surface area contributed by atoms with Crippen LogP contribution in [0.15, 0.2) is 29.2 Å². The first-order valence-corrected chi connectivity index (χ1v) is 8.30. The molecule has 132 valence electrons. The van der Waals surface area contributed by atoms with Crippen LogP contribution in [0.4, 0.5) is 0 Å². The van der Waals surface area contributed by atoms with E-state index in [1.165, 1.54) is 16.9 Å². The summed E-state index contributed by atoms with van der Waals surface area (Å²) in [4.78, 5) is 34.3. The standard InChI is InChI=1S/C17H21N5O3/c1-12-10-15(20-13(2)19-12)25-14-5-8-21(9-6-14)17(24)11-22-16(23)4-3-7-18-22/h3-4,7,10,14H,5-6,8-9,11H2,1-2H3. The summed E-state index contributed by atoms with van der Waals surface area (Å²) >= 11 is 0. The third-order valence-corrected chi connectivity index (χ3v) is 4.09. The molecule has 8 heteroatoms. The Morgan fingerprint density at radius 2 is 2.04 bits per heavy atom. The SMILES string of the molecule is Cc1cc(OC2CCN(C(=O)Cn3ncccc3=O)CC2)nc(C)n1. The lowest BCUT2D eigenvalue weighted by atomic mass is 10.1. The van der Waals surface area contributed by atoms with Crippen molar-refractivity contribution in [2.24, 2.45) is 0 Å². The van der Waals surface area contributed by atoms with Crippen molar-refractivity contribution in [2.45, 2.75) is 39.3 Å². The van der Waals surface area contributed by atoms with Crippen molar-refractivity contribution >= 4 is 5.91 Å². The van der Waals surface area contributed by atoms with Gasteiger partial charge in [0, 0.05) is 50.0 Å². The lowest BCUT2D eigenvalue weighted by Gasteiger charge is -2.32. The lowest BCUT2D eigenvalue weighted by Crippen LogP contribution is -2.44. The van der Waals surface area contributed by atoms with Crippen LogP contribution in [0.1, 0.15) is 24.4 Å². The number of carbonyl (C=O) groups excluding carboxylic acids is 1. The van der Waals surface area contributed by atoms with Crippen LogP contribution >= 0.6 is 0 Å². The van der Waals surface area contributed by atoms with Crippen LogP contribution in [0.25, 0.3) is 0 Å². The minimum Gasteiger partial charge on any atom is -0.474 e. The van der Waals surface area contributed by atoms with Gasteiger partial charge in [0.05, 0.1) is 0 Å². The van der Waals surface area contributed by atoms with Crippen molar-refractivity contribution < 1.29 is 9.53 Å². The quantitative estimate of drug-likeness (QED) is 0.812. The summed E-state index contributed by atoms with van der Waals surface area (Å²) in [5.74, 6) is 1.16. The van der Waals surface area contributed by atoms with Gasteiger partial charge in [0.1, 0.15) is 18.5 Å². The fourth-order valence-electron chi connectivity index (χ4n) is 2.87. The van der Waals surface area contributed by atoms with Gasteiger partial charge in [0.15, 0.2) is 0 Å². The molecule has 2 aromatic rings. The van der Waals surface area contributed by atoms with E-state index in [9.17, 15) is 9.59 Å². The zero-order valence-corrected chi connectivity index (χ0v) is 14.4. The molecule has 3 rings (SSSR count). The number of carbonyl (C=O) groups is 1. The van der Waals surface area contributed by atoms with E-state index in [-0.39, 0.29) is 24.1 Å². The summed E-state index contributed by atoms with van der Waals surface area (Å²) in [5.41, 5.74) is 0.597. The van der Waals surface area contributed by atoms with Crippen LogP contribution in [0.5, 0.6) is 5.88 Å². The van der Waals surface area contributed by atoms with Crippen LogP contribution < -0.4 is 10.3 Å². The summed E-state index contributed by atoms with van der Waals surface area (Å²) < 4.78 is 7.10. The molecule has 2 aromatic heterocycles. The maximum absolute atomic E-state index is 12.3. The summed E-state index contributed by atoms with van der Waals surface area (Å²) in [5, 5.41) is 3.92. The van der Waals surface area contributed by atoms with E-state index in [0.717, 1.165) is 18.5 Å². The van der Waals surface area contributed by atoms with E-state index in [1.54, 1.807) is 11.0 Å². The second-order valence-electron chi connectivity index (χ2n) is 6.11. The monoisotopic (exact) mass is 343 g/mol. The third kappa shape index (κ3) is 4.40. The zero-order valence-electron chi connectivity index (χ0n) is 14.4. The van der Waals surface area contributed by atoms with Crippen molar-refractivity contribution in [3.63, 3.8) is 0 Å². The van der Waals surface area contributed by atoms with Crippen molar-refractivity contribution in [1.82, 2.24) is 24.6 Å². The molecule has 1 fully saturated rings. The topological polar surface area (TPSA) is 90.2 Å². The predicted molar refractivity (Wildman–Crippen MR) is 90.2 cm³/mol. The Labute approximate surface area is 145 Å². The molecule has 0 aliphatic carbocycles. The first-order chi connectivity index (χ1) is 12.0. The van der Waals surface area contributed by atoms with Crippen LogP contribution in [0.3, 0.4) is 0 Å². The molecule has 0 bridgehead atoms. The van der Waals surface area contributed by atoms with Crippen molar-refractivity contribution in [1.29, 1.82) is 0 Å². The Morgan fingerprint density at radius 3 is 2.72 bits per heavy atom. The maximum Gasteiger partial charge on any atom is 0.267 e. The molecular weight excluding hydrogens is 322 g/mol. The number of likely N-dealkylation sites (tertiary alicyclic amines) is 1. The number of aryl methyl sites for hydroxylation is 2. The zero-order chi connectivity index (χ0) is 17.8. The van der Waals surface area contributed by atoms with E-state index in [1.807, 2.05) is 19.9 Å². The Hall–Kier alpha value is -2.77. The van der Waals surface area contributed by atoms with Gasteiger partial charge in [-0.05, 0) is 19.9 Å². The molecular formula is C17H21N5O3. The second-order valence-corrected chi connectivity index (χ2v) is 6.11. The average Bonchev–Trinajstić information content (AvgIpc) is 2.56. The molecule has 1 aliphatic heterocycles. The first kappa shape index (κ1) is 17.1. The Kier molecular flexibility index (Phi) is 5.06. The predicted octanol–water partition coefficient (Wildman–Crippen LogP) is 0.720. The van der Waals surface area contributed by atoms with Crippen LogP contribution in [0, 0.1) is 13.8 Å². The van der Waals surface area contributed by atoms with Gasteiger partial charge >= 0.3 is 0 Å². The fourth-order valence-corrected chi connectivity index (χ4v) is 2.87. The lowest BCUT2D eigenvalue weighted by molar-refractivity contribution is -0.133. The highest BCUT2D eigenvalue weighted by Gasteiger charge is 2.24. The number of ether oxygens (including phenoxy) is 1. The van der Waals surface area contributed by atoms with E-state index in [2.05, 4.69) is 15.1 Å². The average molecular weight is 343 g/mol. The molecule has 0 N–H and O–H groups in total. The fraction of sp³-hybridized carbons (Fsp3) is 0.471. The summed E-state index contributed by atoms with van der Waals surface area (Å²) in [7, 11) is 0. The number of nitrogens with zero attached hydrogens (tertiary/aromatic N) is 5. The summed E-state index contributed by atoms with van der Waals surface area (Å²) in [6.45, 7) is 4.89. The van der Waals surface area contributed by atoms with E-state index >= 15 is 0 Å². The van der Waals surface area contributed by atoms with Crippen LogP contribution in [0.2, 0.25) is 0 Å². The van der Waals surface area contributed by atoms with Gasteiger partial charge in [0.2, 0.25) is 11.8 Å². The number of hydrogen-bond acceptors (Lipinski definition) is 6. The molecule has 0 aromatic carbocycles. The van der Waals surface area contributed by atoms with Gasteiger partial charge in [-0.1, -0.05) is 0 Å². The molecule has 0 atom stereocenters. The number of rotatable bonds is 4. The summed E-state index contributed by atoms with van der Waals surface area (Å²) in [6, 6.07) is 4.77. The molecule has 0 unspecified atom stereocenters. The number of hydrogen-bond donors (Lipinski definition) is 0. The van der Waals surface area contributed by atoms with Gasteiger partial charge in [0.25, 0.3) is 5.56 Å². The van der Waals surface area contributed by atoms with Crippen LogP contribution in [-0.4, -0.2) is 49.7 Å². The maximum atomic E-state index is 12.3. The second kappa shape index (κ2) is 7.42. The molecule has 0 radical (unpaired) electrons. The van der Waals surface area contributed by atoms with E-state index < -0.39 is 0 Å². The molecule has 3 heterocycles. The number of amides is 1. The molecule has 1 amide bonds. The molecule has 25 heavy (non-hydrogen) atoms. The van der Waals surface area contributed by atoms with Gasteiger partial charge in [-0.25, -0.2) is 9.67 Å². The number of aromatic nitrogens is 4. The van der Waals surface area contributed by atoms with Crippen molar-refractivity contribution in [3.8, 4) is 5.88 Å². The number of piperidine rings is 1. The van der Waals surface area contributed by atoms with E-state index in [4.69, 9.17) is 4.74 Å². The van der Waals surface area contributed by atoms with Gasteiger partial charge in [-0.15, -0.1) is 0 Å². The molecule has 0 spiro atoms. The Balaban J connectivity index is 1.54. The molecule has 0 saturated carbocycles. The minimum atomic E-state index is -0.274. The molecule has 8 nitrogen and oxygen atoms in total. The van der Waals surface area contributed by atoms with Crippen molar-refractivity contribution in [2.75, 3.05) is 13.1 Å².